The second kappa shape index (κ2) is 7.05. The Morgan fingerprint density at radius 2 is 1.84 bits per heavy atom. The Labute approximate surface area is 116 Å². The summed E-state index contributed by atoms with van der Waals surface area (Å²) in [6, 6.07) is 0. The van der Waals surface area contributed by atoms with Crippen LogP contribution in [0.5, 0.6) is 0 Å². The molecule has 0 aliphatic rings. The van der Waals surface area contributed by atoms with Crippen molar-refractivity contribution in [3.05, 3.63) is 17.0 Å². The van der Waals surface area contributed by atoms with Gasteiger partial charge < -0.3 is 5.73 Å². The van der Waals surface area contributed by atoms with Crippen LogP contribution in [0.2, 0.25) is 0 Å². The standard InChI is InChI=1S/C13H25N3O2S/c1-4-8-19(17,18)9-7-16-13(6-3)11(10-14)12(5-2)15-16/h4-10,14H2,1-3H3. The third-order valence-electron chi connectivity index (χ3n) is 3.25. The van der Waals surface area contributed by atoms with Crippen LogP contribution in [0.15, 0.2) is 0 Å². The van der Waals surface area contributed by atoms with E-state index in [1.807, 2.05) is 25.5 Å². The fourth-order valence-electron chi connectivity index (χ4n) is 2.33. The van der Waals surface area contributed by atoms with E-state index in [1.54, 1.807) is 0 Å². The molecule has 1 heterocycles. The van der Waals surface area contributed by atoms with Crippen LogP contribution in [-0.2, 0) is 35.8 Å². The third kappa shape index (κ3) is 4.04. The maximum absolute atomic E-state index is 11.8. The van der Waals surface area contributed by atoms with Crippen molar-refractivity contribution in [2.45, 2.75) is 53.1 Å². The predicted octanol–water partition coefficient (Wildman–Crippen LogP) is 1.29. The fourth-order valence-corrected chi connectivity index (χ4v) is 3.61. The molecule has 0 aromatic carbocycles. The SMILES string of the molecule is CCCS(=O)(=O)CCn1nc(CC)c(CN)c1CC. The summed E-state index contributed by atoms with van der Waals surface area (Å²) in [5.74, 6) is 0.406. The highest BCUT2D eigenvalue weighted by Gasteiger charge is 2.16. The molecule has 5 nitrogen and oxygen atoms in total. The molecule has 0 spiro atoms. The Morgan fingerprint density at radius 3 is 2.32 bits per heavy atom. The molecule has 0 aliphatic carbocycles. The van der Waals surface area contributed by atoms with E-state index in [2.05, 4.69) is 5.10 Å². The van der Waals surface area contributed by atoms with Crippen LogP contribution in [0.25, 0.3) is 0 Å². The average molecular weight is 287 g/mol. The Hall–Kier alpha value is -0.880. The van der Waals surface area contributed by atoms with Crippen LogP contribution < -0.4 is 5.73 Å². The van der Waals surface area contributed by atoms with Gasteiger partial charge in [-0.3, -0.25) is 4.68 Å². The molecule has 1 rings (SSSR count). The molecule has 110 valence electrons. The van der Waals surface area contributed by atoms with E-state index in [-0.39, 0.29) is 11.5 Å². The molecule has 1 aromatic rings. The molecule has 0 saturated heterocycles. The molecular weight excluding hydrogens is 262 g/mol. The smallest absolute Gasteiger partial charge is 0.152 e. The van der Waals surface area contributed by atoms with Gasteiger partial charge in [-0.25, -0.2) is 8.42 Å². The third-order valence-corrected chi connectivity index (χ3v) is 5.09. The first-order valence-electron chi connectivity index (χ1n) is 6.96. The van der Waals surface area contributed by atoms with Crippen molar-refractivity contribution in [1.29, 1.82) is 0 Å². The zero-order valence-electron chi connectivity index (χ0n) is 12.1. The maximum atomic E-state index is 11.8. The minimum Gasteiger partial charge on any atom is -0.326 e. The van der Waals surface area contributed by atoms with E-state index in [1.165, 1.54) is 0 Å². The predicted molar refractivity (Wildman–Crippen MR) is 77.8 cm³/mol. The monoisotopic (exact) mass is 287 g/mol. The van der Waals surface area contributed by atoms with Crippen molar-refractivity contribution in [2.75, 3.05) is 11.5 Å². The van der Waals surface area contributed by atoms with Crippen molar-refractivity contribution >= 4 is 9.84 Å². The first kappa shape index (κ1) is 16.2. The van der Waals surface area contributed by atoms with Gasteiger partial charge in [-0.1, -0.05) is 20.8 Å². The van der Waals surface area contributed by atoms with E-state index in [9.17, 15) is 8.42 Å². The van der Waals surface area contributed by atoms with Gasteiger partial charge in [0.05, 0.1) is 18.0 Å². The highest BCUT2D eigenvalue weighted by Crippen LogP contribution is 2.16. The lowest BCUT2D eigenvalue weighted by atomic mass is 10.1. The van der Waals surface area contributed by atoms with Crippen molar-refractivity contribution in [1.82, 2.24) is 9.78 Å². The summed E-state index contributed by atoms with van der Waals surface area (Å²) in [6.45, 7) is 6.86. The fraction of sp³-hybridized carbons (Fsp3) is 0.769. The number of nitrogens with zero attached hydrogens (tertiary/aromatic N) is 2. The number of aryl methyl sites for hydroxylation is 2. The van der Waals surface area contributed by atoms with E-state index in [0.29, 0.717) is 19.5 Å². The molecule has 6 heteroatoms. The van der Waals surface area contributed by atoms with Gasteiger partial charge >= 0.3 is 0 Å². The number of hydrogen-bond donors (Lipinski definition) is 1. The van der Waals surface area contributed by atoms with Crippen LogP contribution in [0.3, 0.4) is 0 Å². The van der Waals surface area contributed by atoms with Crippen molar-refractivity contribution in [3.63, 3.8) is 0 Å². The summed E-state index contributed by atoms with van der Waals surface area (Å²) in [5, 5.41) is 4.51. The van der Waals surface area contributed by atoms with Crippen LogP contribution in [0, 0.1) is 0 Å². The highest BCUT2D eigenvalue weighted by molar-refractivity contribution is 7.91. The van der Waals surface area contributed by atoms with Gasteiger partial charge in [0.25, 0.3) is 0 Å². The zero-order valence-corrected chi connectivity index (χ0v) is 13.0. The van der Waals surface area contributed by atoms with Gasteiger partial charge in [0.1, 0.15) is 0 Å². The van der Waals surface area contributed by atoms with E-state index >= 15 is 0 Å². The molecule has 0 radical (unpaired) electrons. The second-order valence-electron chi connectivity index (χ2n) is 4.66. The molecule has 0 unspecified atom stereocenters. The Bertz CT molecular complexity index is 506. The van der Waals surface area contributed by atoms with E-state index < -0.39 is 9.84 Å². The normalized spacial score (nSPS) is 12.0. The molecule has 0 fully saturated rings. The quantitative estimate of drug-likeness (QED) is 0.781. The lowest BCUT2D eigenvalue weighted by Crippen LogP contribution is -2.18. The van der Waals surface area contributed by atoms with Gasteiger partial charge in [0.15, 0.2) is 9.84 Å². The number of hydrogen-bond acceptors (Lipinski definition) is 4. The zero-order chi connectivity index (χ0) is 14.5. The molecule has 0 saturated carbocycles. The van der Waals surface area contributed by atoms with E-state index in [0.717, 1.165) is 29.8 Å². The van der Waals surface area contributed by atoms with Gasteiger partial charge in [0.2, 0.25) is 0 Å². The average Bonchev–Trinajstić information content (AvgIpc) is 2.73. The number of nitrogens with two attached hydrogens (primary N) is 1. The first-order valence-corrected chi connectivity index (χ1v) is 8.79. The topological polar surface area (TPSA) is 78.0 Å². The number of rotatable bonds is 8. The molecule has 0 atom stereocenters. The van der Waals surface area contributed by atoms with Crippen molar-refractivity contribution in [3.8, 4) is 0 Å². The molecule has 19 heavy (non-hydrogen) atoms. The molecule has 1 aromatic heterocycles. The molecule has 0 amide bonds. The summed E-state index contributed by atoms with van der Waals surface area (Å²) < 4.78 is 25.4. The van der Waals surface area contributed by atoms with Crippen molar-refractivity contribution in [2.24, 2.45) is 5.73 Å². The molecule has 0 aliphatic heterocycles. The summed E-state index contributed by atoms with van der Waals surface area (Å²) in [5.41, 5.74) is 8.92. The first-order chi connectivity index (χ1) is 8.99. The lowest BCUT2D eigenvalue weighted by Gasteiger charge is -2.07. The Morgan fingerprint density at radius 1 is 1.16 bits per heavy atom. The number of sulfone groups is 1. The van der Waals surface area contributed by atoms with Gasteiger partial charge in [-0.2, -0.15) is 5.10 Å². The minimum atomic E-state index is -2.96. The molecule has 2 N–H and O–H groups in total. The van der Waals surface area contributed by atoms with Crippen LogP contribution in [-0.4, -0.2) is 29.7 Å². The summed E-state index contributed by atoms with van der Waals surface area (Å²) in [4.78, 5) is 0. The van der Waals surface area contributed by atoms with Gasteiger partial charge in [-0.05, 0) is 19.3 Å². The van der Waals surface area contributed by atoms with Crippen LogP contribution in [0.1, 0.15) is 44.1 Å². The highest BCUT2D eigenvalue weighted by atomic mass is 32.2. The van der Waals surface area contributed by atoms with Gasteiger partial charge in [-0.15, -0.1) is 0 Å². The minimum absolute atomic E-state index is 0.155. The largest absolute Gasteiger partial charge is 0.326 e. The second-order valence-corrected chi connectivity index (χ2v) is 6.96. The molecule has 0 bridgehead atoms. The Balaban J connectivity index is 2.92. The van der Waals surface area contributed by atoms with Gasteiger partial charge in [0, 0.05) is 23.6 Å². The molecular formula is C13H25N3O2S. The van der Waals surface area contributed by atoms with E-state index in [4.69, 9.17) is 5.73 Å². The summed E-state index contributed by atoms with van der Waals surface area (Å²) >= 11 is 0. The number of aromatic nitrogens is 2. The lowest BCUT2D eigenvalue weighted by molar-refractivity contribution is 0.571. The summed E-state index contributed by atoms with van der Waals surface area (Å²) in [6.07, 6.45) is 2.32. The van der Waals surface area contributed by atoms with Crippen LogP contribution in [0.4, 0.5) is 0 Å². The Kier molecular flexibility index (Phi) is 6.00. The maximum Gasteiger partial charge on any atom is 0.152 e. The van der Waals surface area contributed by atoms with Crippen molar-refractivity contribution < 1.29 is 8.42 Å². The summed E-state index contributed by atoms with van der Waals surface area (Å²) in [7, 11) is -2.96. The van der Waals surface area contributed by atoms with Crippen LogP contribution >= 0.6 is 0 Å².